The summed E-state index contributed by atoms with van der Waals surface area (Å²) < 4.78 is 11.8. The molecular weight excluding hydrogens is 352 g/mol. The Morgan fingerprint density at radius 3 is 2.32 bits per heavy atom. The van der Waals surface area contributed by atoms with Crippen LogP contribution < -0.4 is 0 Å². The second-order valence-electron chi connectivity index (χ2n) is 12.1. The number of ketones is 1. The van der Waals surface area contributed by atoms with Crippen LogP contribution in [0.2, 0.25) is 0 Å². The van der Waals surface area contributed by atoms with Crippen molar-refractivity contribution in [2.24, 2.45) is 39.9 Å². The number of esters is 1. The van der Waals surface area contributed by atoms with Crippen LogP contribution in [0.15, 0.2) is 0 Å². The molecule has 0 amide bonds. The number of rotatable bonds is 5. The molecule has 0 saturated heterocycles. The van der Waals surface area contributed by atoms with Gasteiger partial charge in [-0.1, -0.05) is 48.0 Å². The highest BCUT2D eigenvalue weighted by atomic mass is 16.7. The maximum Gasteiger partial charge on any atom is 0.314 e. The molecule has 6 unspecified atom stereocenters. The molecule has 28 heavy (non-hydrogen) atoms. The first-order valence-corrected chi connectivity index (χ1v) is 11.1. The normalized spacial score (nSPS) is 34.8. The van der Waals surface area contributed by atoms with Crippen molar-refractivity contribution in [2.75, 3.05) is 6.79 Å². The minimum Gasteiger partial charge on any atom is -0.438 e. The monoisotopic (exact) mass is 392 g/mol. The van der Waals surface area contributed by atoms with E-state index in [9.17, 15) is 9.59 Å². The zero-order valence-corrected chi connectivity index (χ0v) is 19.0. The summed E-state index contributed by atoms with van der Waals surface area (Å²) in [5.74, 6) is 1.83. The highest BCUT2D eigenvalue weighted by Crippen LogP contribution is 2.52. The van der Waals surface area contributed by atoms with Crippen molar-refractivity contribution < 1.29 is 19.1 Å². The second-order valence-corrected chi connectivity index (χ2v) is 12.1. The van der Waals surface area contributed by atoms with Gasteiger partial charge in [0, 0.05) is 12.3 Å². The van der Waals surface area contributed by atoms with Gasteiger partial charge in [-0.05, 0) is 61.2 Å². The molecule has 3 bridgehead atoms. The molecule has 3 rings (SSSR count). The average molecular weight is 393 g/mol. The van der Waals surface area contributed by atoms with Crippen molar-refractivity contribution >= 4 is 11.8 Å². The summed E-state index contributed by atoms with van der Waals surface area (Å²) in [7, 11) is 0. The van der Waals surface area contributed by atoms with E-state index >= 15 is 0 Å². The molecule has 4 heteroatoms. The van der Waals surface area contributed by atoms with Crippen molar-refractivity contribution in [3.63, 3.8) is 0 Å². The van der Waals surface area contributed by atoms with Gasteiger partial charge in [-0.25, -0.2) is 0 Å². The van der Waals surface area contributed by atoms with Gasteiger partial charge in [0.25, 0.3) is 0 Å². The Morgan fingerprint density at radius 1 is 1.04 bits per heavy atom. The molecule has 0 aromatic rings. The number of carbonyl (C=O) groups excluding carboxylic acids is 2. The fourth-order valence-corrected chi connectivity index (χ4v) is 6.01. The Morgan fingerprint density at radius 2 is 1.71 bits per heavy atom. The van der Waals surface area contributed by atoms with E-state index in [0.29, 0.717) is 23.5 Å². The number of fused-ring (bicyclic) bond motifs is 2. The largest absolute Gasteiger partial charge is 0.438 e. The van der Waals surface area contributed by atoms with Crippen molar-refractivity contribution in [3.8, 4) is 0 Å². The molecule has 3 aliphatic rings. The molecule has 0 aliphatic heterocycles. The summed E-state index contributed by atoms with van der Waals surface area (Å²) in [6.07, 6.45) is 5.99. The Kier molecular flexibility index (Phi) is 5.77. The highest BCUT2D eigenvalue weighted by Gasteiger charge is 2.52. The molecule has 0 aromatic heterocycles. The van der Waals surface area contributed by atoms with Crippen LogP contribution >= 0.6 is 0 Å². The zero-order chi connectivity index (χ0) is 20.9. The van der Waals surface area contributed by atoms with Gasteiger partial charge in [-0.2, -0.15) is 0 Å². The Hall–Kier alpha value is -0.900. The Labute approximate surface area is 171 Å². The van der Waals surface area contributed by atoms with Crippen LogP contribution in [0.25, 0.3) is 0 Å². The fourth-order valence-electron chi connectivity index (χ4n) is 6.01. The Balaban J connectivity index is 1.63. The first-order chi connectivity index (χ1) is 12.8. The summed E-state index contributed by atoms with van der Waals surface area (Å²) in [5.41, 5.74) is -0.784. The SMILES string of the molecule is CC(C)(C)CC(C)(C(=O)OCOC1C2CC3CCC(CC2=O)C1C3)C(C)(C)C. The predicted molar refractivity (Wildman–Crippen MR) is 110 cm³/mol. The van der Waals surface area contributed by atoms with Crippen molar-refractivity contribution in [2.45, 2.75) is 93.1 Å². The maximum atomic E-state index is 13.1. The van der Waals surface area contributed by atoms with Crippen molar-refractivity contribution in [3.05, 3.63) is 0 Å². The van der Waals surface area contributed by atoms with E-state index in [-0.39, 0.29) is 35.6 Å². The van der Waals surface area contributed by atoms with Crippen LogP contribution in [0.3, 0.4) is 0 Å². The topological polar surface area (TPSA) is 52.6 Å². The number of ether oxygens (including phenoxy) is 2. The highest BCUT2D eigenvalue weighted by molar-refractivity contribution is 5.83. The van der Waals surface area contributed by atoms with E-state index in [2.05, 4.69) is 41.5 Å². The third-order valence-corrected chi connectivity index (χ3v) is 7.88. The first kappa shape index (κ1) is 21.8. The third-order valence-electron chi connectivity index (χ3n) is 7.88. The van der Waals surface area contributed by atoms with Gasteiger partial charge >= 0.3 is 5.97 Å². The minimum absolute atomic E-state index is 0.0163. The van der Waals surface area contributed by atoms with Crippen LogP contribution in [-0.2, 0) is 19.1 Å². The van der Waals surface area contributed by atoms with Gasteiger partial charge in [0.1, 0.15) is 5.78 Å². The van der Waals surface area contributed by atoms with Gasteiger partial charge in [0.15, 0.2) is 6.79 Å². The maximum absolute atomic E-state index is 13.1. The molecule has 3 saturated carbocycles. The summed E-state index contributed by atoms with van der Waals surface area (Å²) >= 11 is 0. The average Bonchev–Trinajstić information content (AvgIpc) is 2.54. The lowest BCUT2D eigenvalue weighted by Gasteiger charge is -2.51. The molecule has 4 nitrogen and oxygen atoms in total. The molecule has 3 aliphatic carbocycles. The number of hydrogen-bond donors (Lipinski definition) is 0. The van der Waals surface area contributed by atoms with Crippen LogP contribution in [0.4, 0.5) is 0 Å². The summed E-state index contributed by atoms with van der Waals surface area (Å²) in [5, 5.41) is 0. The molecule has 3 fully saturated rings. The molecule has 6 atom stereocenters. The molecule has 0 aromatic carbocycles. The molecule has 0 radical (unpaired) electrons. The predicted octanol–water partition coefficient (Wildman–Crippen LogP) is 5.39. The minimum atomic E-state index is -0.591. The van der Waals surface area contributed by atoms with E-state index in [4.69, 9.17) is 9.47 Å². The molecule has 160 valence electrons. The van der Waals surface area contributed by atoms with E-state index < -0.39 is 5.41 Å². The molecule has 0 N–H and O–H groups in total. The van der Waals surface area contributed by atoms with E-state index in [1.807, 2.05) is 6.92 Å². The van der Waals surface area contributed by atoms with Crippen molar-refractivity contribution in [1.29, 1.82) is 0 Å². The second kappa shape index (κ2) is 7.41. The first-order valence-electron chi connectivity index (χ1n) is 11.1. The number of carbonyl (C=O) groups is 2. The third kappa shape index (κ3) is 4.17. The van der Waals surface area contributed by atoms with Crippen LogP contribution in [0, 0.1) is 39.9 Å². The van der Waals surface area contributed by atoms with Crippen LogP contribution in [-0.4, -0.2) is 24.6 Å². The molecular formula is C24H40O4. The summed E-state index contributed by atoms with van der Waals surface area (Å²) in [6, 6.07) is 0. The fraction of sp³-hybridized carbons (Fsp3) is 0.917. The van der Waals surface area contributed by atoms with Crippen molar-refractivity contribution in [1.82, 2.24) is 0 Å². The van der Waals surface area contributed by atoms with Gasteiger partial charge < -0.3 is 9.47 Å². The lowest BCUT2D eigenvalue weighted by molar-refractivity contribution is -0.198. The Bertz CT molecular complexity index is 611. The van der Waals surface area contributed by atoms with Gasteiger partial charge in [-0.15, -0.1) is 0 Å². The van der Waals surface area contributed by atoms with E-state index in [1.54, 1.807) is 0 Å². The number of Topliss-reactive ketones (excluding diaryl/α,β-unsaturated/α-hetero) is 1. The standard InChI is InChI=1S/C24H40O4/c1-22(2,3)13-24(7,23(4,5)6)21(26)28-14-27-20-17-10-15-8-9-16(17)12-19(25)18(20)11-15/h15-18,20H,8-14H2,1-7H3. The summed E-state index contributed by atoms with van der Waals surface area (Å²) in [4.78, 5) is 25.7. The molecule has 0 spiro atoms. The summed E-state index contributed by atoms with van der Waals surface area (Å²) in [6.45, 7) is 14.8. The van der Waals surface area contributed by atoms with Crippen LogP contribution in [0.5, 0.6) is 0 Å². The lowest BCUT2D eigenvalue weighted by Crippen LogP contribution is -2.53. The van der Waals surface area contributed by atoms with Crippen LogP contribution in [0.1, 0.15) is 87.0 Å². The lowest BCUT2D eigenvalue weighted by atomic mass is 9.56. The van der Waals surface area contributed by atoms with Gasteiger partial charge in [-0.3, -0.25) is 9.59 Å². The van der Waals surface area contributed by atoms with Gasteiger partial charge in [0.2, 0.25) is 0 Å². The smallest absolute Gasteiger partial charge is 0.314 e. The molecule has 0 heterocycles. The van der Waals surface area contributed by atoms with E-state index in [1.165, 1.54) is 12.8 Å². The van der Waals surface area contributed by atoms with Gasteiger partial charge in [0.05, 0.1) is 11.5 Å². The van der Waals surface area contributed by atoms with E-state index in [0.717, 1.165) is 25.7 Å². The quantitative estimate of drug-likeness (QED) is 0.465. The zero-order valence-electron chi connectivity index (χ0n) is 19.0. The number of hydrogen-bond acceptors (Lipinski definition) is 4.